The normalized spacial score (nSPS) is 14.6. The number of carbonyl (C=O) groups excluding carboxylic acids is 2. The number of aliphatic hydroxyl groups is 2. The number of aromatic amines is 1. The third kappa shape index (κ3) is 10.5. The molecule has 1 aliphatic rings. The lowest BCUT2D eigenvalue weighted by molar-refractivity contribution is -0.164. The number of nitrogens with one attached hydrogen (secondary N) is 3. The predicted octanol–water partition coefficient (Wildman–Crippen LogP) is 6.14. The number of aliphatic hydroxyl groups excluding tert-OH is 1. The first-order valence-electron chi connectivity index (χ1n) is 21.9. The quantitative estimate of drug-likeness (QED) is 0.0572. The number of amides is 1. The highest BCUT2D eigenvalue weighted by Gasteiger charge is 2.42. The second-order valence-electron chi connectivity index (χ2n) is 16.5. The second-order valence-corrected chi connectivity index (χ2v) is 16.5. The minimum absolute atomic E-state index is 0.0856. The van der Waals surface area contributed by atoms with Crippen LogP contribution in [0.25, 0.3) is 22.2 Å². The third-order valence-corrected chi connectivity index (χ3v) is 12.1. The molecule has 1 amide bonds. The molecule has 1 unspecified atom stereocenters. The molecule has 0 spiro atoms. The molecular formula is C52H52N6O8. The molecule has 3 heterocycles. The summed E-state index contributed by atoms with van der Waals surface area (Å²) < 4.78 is 11.5. The smallest absolute Gasteiger partial charge is 0.347 e. The number of phenolic OH excluding ortho intramolecular Hbond substituents is 1. The summed E-state index contributed by atoms with van der Waals surface area (Å²) in [7, 11) is 1.51. The predicted molar refractivity (Wildman–Crippen MR) is 249 cm³/mol. The van der Waals surface area contributed by atoms with E-state index in [2.05, 4.69) is 55.0 Å². The highest BCUT2D eigenvalue weighted by atomic mass is 16.5. The number of aromatic nitrogens is 3. The highest BCUT2D eigenvalue weighted by molar-refractivity contribution is 5.94. The molecule has 338 valence electrons. The molecule has 5 aromatic carbocycles. The van der Waals surface area contributed by atoms with E-state index in [0.29, 0.717) is 56.9 Å². The van der Waals surface area contributed by atoms with Crippen molar-refractivity contribution in [3.8, 4) is 22.8 Å². The van der Waals surface area contributed by atoms with Gasteiger partial charge in [0.15, 0.2) is 0 Å². The van der Waals surface area contributed by atoms with Crippen molar-refractivity contribution >= 4 is 22.8 Å². The van der Waals surface area contributed by atoms with E-state index in [4.69, 9.17) is 9.47 Å². The van der Waals surface area contributed by atoms with Crippen LogP contribution in [0.4, 0.5) is 0 Å². The first-order chi connectivity index (χ1) is 32.1. The Labute approximate surface area is 381 Å². The number of fused-ring (bicyclic) bond motifs is 1. The fraction of sp³-hybridized carbons (Fsp3) is 0.250. The molecule has 6 N–H and O–H groups in total. The Morgan fingerprint density at radius 3 is 2.35 bits per heavy atom. The standard InChI is InChI=1S/C52H52N6O8/c1-65-47-28-37(15-16-38(47)29-53-31-46(60)42-18-21-45(59)49-43(42)19-22-48(61)55-49)50(62)54-30-41-17-20-44(57-56-41)36-11-8-14-40(27-36)52(64,39-12-6-3-7-13-39)51(63)66-33-35-23-25-58(26-24-35)32-34-9-4-2-5-10-34/h2-22,27-28,35,46,53,59-60,64H,23-26,29-33H2,1H3,(H,54,62)(H,55,61)/t46-,52?/m0/s1. The fourth-order valence-electron chi connectivity index (χ4n) is 8.35. The number of rotatable bonds is 17. The summed E-state index contributed by atoms with van der Waals surface area (Å²) in [5.74, 6) is -0.507. The maximum Gasteiger partial charge on any atom is 0.347 e. The number of piperidine rings is 1. The van der Waals surface area contributed by atoms with Gasteiger partial charge >= 0.3 is 5.97 Å². The summed E-state index contributed by atoms with van der Waals surface area (Å²) in [4.78, 5) is 44.0. The zero-order valence-electron chi connectivity index (χ0n) is 36.5. The molecule has 1 fully saturated rings. The molecule has 1 aliphatic heterocycles. The first-order valence-corrected chi connectivity index (χ1v) is 21.9. The van der Waals surface area contributed by atoms with Crippen molar-refractivity contribution in [2.24, 2.45) is 5.92 Å². The number of methoxy groups -OCH3 is 1. The van der Waals surface area contributed by atoms with Gasteiger partial charge < -0.3 is 40.4 Å². The van der Waals surface area contributed by atoms with E-state index < -0.39 is 17.7 Å². The van der Waals surface area contributed by atoms with Crippen LogP contribution in [-0.4, -0.2) is 80.6 Å². The number of ether oxygens (including phenoxy) is 2. The Bertz CT molecular complexity index is 2830. The molecule has 0 bridgehead atoms. The largest absolute Gasteiger partial charge is 0.506 e. The van der Waals surface area contributed by atoms with Gasteiger partial charge in [-0.2, -0.15) is 10.2 Å². The Kier molecular flexibility index (Phi) is 14.2. The fourth-order valence-corrected chi connectivity index (χ4v) is 8.35. The minimum Gasteiger partial charge on any atom is -0.506 e. The Balaban J connectivity index is 0.863. The van der Waals surface area contributed by atoms with Crippen LogP contribution in [-0.2, 0) is 34.8 Å². The molecule has 2 aromatic heterocycles. The van der Waals surface area contributed by atoms with Crippen LogP contribution in [0.2, 0.25) is 0 Å². The Morgan fingerprint density at radius 1 is 0.848 bits per heavy atom. The molecule has 0 radical (unpaired) electrons. The number of nitrogens with zero attached hydrogens (tertiary/aromatic N) is 3. The summed E-state index contributed by atoms with van der Waals surface area (Å²) >= 11 is 0. The maximum atomic E-state index is 14.0. The summed E-state index contributed by atoms with van der Waals surface area (Å²) in [6.45, 7) is 3.50. The summed E-state index contributed by atoms with van der Waals surface area (Å²) in [5.41, 5.74) is 3.15. The van der Waals surface area contributed by atoms with Gasteiger partial charge in [0.2, 0.25) is 11.2 Å². The van der Waals surface area contributed by atoms with Gasteiger partial charge in [0, 0.05) is 53.3 Å². The number of pyridine rings is 1. The second kappa shape index (κ2) is 20.7. The Morgan fingerprint density at radius 2 is 1.61 bits per heavy atom. The summed E-state index contributed by atoms with van der Waals surface area (Å²) in [6, 6.07) is 40.7. The molecule has 2 atom stereocenters. The lowest BCUT2D eigenvalue weighted by Crippen LogP contribution is -2.40. The topological polar surface area (TPSA) is 199 Å². The van der Waals surface area contributed by atoms with Gasteiger partial charge in [-0.05, 0) is 91.0 Å². The first kappa shape index (κ1) is 45.3. The molecule has 66 heavy (non-hydrogen) atoms. The number of aromatic hydroxyl groups is 1. The number of carbonyl (C=O) groups is 2. The van der Waals surface area contributed by atoms with Crippen molar-refractivity contribution in [2.75, 3.05) is 33.4 Å². The third-order valence-electron chi connectivity index (χ3n) is 12.1. The van der Waals surface area contributed by atoms with Crippen LogP contribution in [0.3, 0.4) is 0 Å². The molecule has 8 rings (SSSR count). The van der Waals surface area contributed by atoms with Gasteiger partial charge in [0.25, 0.3) is 5.91 Å². The number of phenols is 1. The highest BCUT2D eigenvalue weighted by Crippen LogP contribution is 2.34. The number of benzene rings is 5. The SMILES string of the molecule is COc1cc(C(=O)NCc2ccc(-c3cccc(C(O)(C(=O)OCC4CCN(Cc5ccccc5)CC4)c4ccccc4)c3)nn2)ccc1CNC[C@H](O)c1ccc(O)c2[nH]c(=O)ccc12. The van der Waals surface area contributed by atoms with Crippen LogP contribution >= 0.6 is 0 Å². The van der Waals surface area contributed by atoms with Crippen LogP contribution < -0.4 is 20.9 Å². The van der Waals surface area contributed by atoms with Crippen molar-refractivity contribution in [2.45, 2.75) is 44.2 Å². The number of esters is 1. The van der Waals surface area contributed by atoms with Gasteiger partial charge in [-0.1, -0.05) is 91.0 Å². The molecule has 7 aromatic rings. The van der Waals surface area contributed by atoms with Crippen LogP contribution in [0, 0.1) is 5.92 Å². The number of H-pyrrole nitrogens is 1. The summed E-state index contributed by atoms with van der Waals surface area (Å²) in [6.07, 6.45) is 0.839. The number of likely N-dealkylation sites (tertiary alicyclic amines) is 1. The average molecular weight is 889 g/mol. The molecule has 14 nitrogen and oxygen atoms in total. The van der Waals surface area contributed by atoms with E-state index in [0.717, 1.165) is 38.0 Å². The van der Waals surface area contributed by atoms with Gasteiger partial charge in [0.1, 0.15) is 11.5 Å². The van der Waals surface area contributed by atoms with Crippen LogP contribution in [0.5, 0.6) is 11.5 Å². The van der Waals surface area contributed by atoms with Crippen molar-refractivity contribution in [3.05, 3.63) is 189 Å². The zero-order chi connectivity index (χ0) is 46.0. The van der Waals surface area contributed by atoms with Gasteiger partial charge in [0.05, 0.1) is 43.3 Å². The monoisotopic (exact) mass is 888 g/mol. The zero-order valence-corrected chi connectivity index (χ0v) is 36.5. The minimum atomic E-state index is -2.07. The molecule has 0 saturated carbocycles. The molecule has 1 saturated heterocycles. The van der Waals surface area contributed by atoms with Crippen molar-refractivity contribution in [1.82, 2.24) is 30.7 Å². The molecular weight excluding hydrogens is 837 g/mol. The number of hydrogen-bond donors (Lipinski definition) is 6. The Hall–Kier alpha value is -7.23. The van der Waals surface area contributed by atoms with Crippen molar-refractivity contribution < 1.29 is 34.4 Å². The van der Waals surface area contributed by atoms with E-state index in [-0.39, 0.29) is 48.3 Å². The van der Waals surface area contributed by atoms with Gasteiger partial charge in [-0.3, -0.25) is 14.5 Å². The lowest BCUT2D eigenvalue weighted by Gasteiger charge is -2.33. The van der Waals surface area contributed by atoms with Crippen LogP contribution in [0.15, 0.2) is 144 Å². The van der Waals surface area contributed by atoms with Crippen molar-refractivity contribution in [3.63, 3.8) is 0 Å². The summed E-state index contributed by atoms with van der Waals surface area (Å²) in [5, 5.41) is 48.8. The lowest BCUT2D eigenvalue weighted by atomic mass is 9.85. The number of hydrogen-bond acceptors (Lipinski definition) is 12. The van der Waals surface area contributed by atoms with Crippen molar-refractivity contribution in [1.29, 1.82) is 0 Å². The van der Waals surface area contributed by atoms with E-state index in [1.165, 1.54) is 24.8 Å². The van der Waals surface area contributed by atoms with E-state index in [9.17, 15) is 29.7 Å². The van der Waals surface area contributed by atoms with Gasteiger partial charge in [-0.25, -0.2) is 4.79 Å². The van der Waals surface area contributed by atoms with E-state index in [1.54, 1.807) is 84.9 Å². The molecule has 14 heteroatoms. The van der Waals surface area contributed by atoms with Crippen LogP contribution in [0.1, 0.15) is 62.8 Å². The van der Waals surface area contributed by atoms with E-state index >= 15 is 0 Å². The van der Waals surface area contributed by atoms with Gasteiger partial charge in [-0.15, -0.1) is 0 Å². The molecule has 0 aliphatic carbocycles. The maximum absolute atomic E-state index is 14.0. The average Bonchev–Trinajstić information content (AvgIpc) is 3.36. The van der Waals surface area contributed by atoms with E-state index in [1.807, 2.05) is 18.2 Å².